The summed E-state index contributed by atoms with van der Waals surface area (Å²) in [6.07, 6.45) is 7.05. The molecule has 0 spiro atoms. The number of carbonyl (C=O) groups excluding carboxylic acids is 1. The van der Waals surface area contributed by atoms with E-state index in [1.165, 1.54) is 23.5 Å². The average molecular weight is 999 g/mol. The summed E-state index contributed by atoms with van der Waals surface area (Å²) in [6, 6.07) is 28.1. The van der Waals surface area contributed by atoms with Crippen molar-refractivity contribution in [2.45, 2.75) is 128 Å². The van der Waals surface area contributed by atoms with Crippen LogP contribution < -0.4 is 24.7 Å². The summed E-state index contributed by atoms with van der Waals surface area (Å²) < 4.78 is 64.7. The Morgan fingerprint density at radius 2 is 1.56 bits per heavy atom. The van der Waals surface area contributed by atoms with Crippen LogP contribution in [-0.4, -0.2) is 115 Å². The first kappa shape index (κ1) is 49.8. The van der Waals surface area contributed by atoms with Crippen LogP contribution in [0.1, 0.15) is 92.6 Å². The minimum absolute atomic E-state index is 0.00108. The predicted molar refractivity (Wildman–Crippen MR) is 280 cm³/mol. The fourth-order valence-corrected chi connectivity index (χ4v) is 17.0. The third-order valence-electron chi connectivity index (χ3n) is 15.5. The van der Waals surface area contributed by atoms with Crippen molar-refractivity contribution in [2.24, 2.45) is 0 Å². The van der Waals surface area contributed by atoms with Gasteiger partial charge in [0.1, 0.15) is 40.8 Å². The number of anilines is 1. The number of benzene rings is 4. The molecule has 0 N–H and O–H groups in total. The van der Waals surface area contributed by atoms with Crippen LogP contribution in [-0.2, 0) is 20.3 Å². The van der Waals surface area contributed by atoms with Crippen molar-refractivity contribution in [1.82, 2.24) is 24.8 Å². The van der Waals surface area contributed by atoms with E-state index in [4.69, 9.17) is 38.3 Å². The summed E-state index contributed by atoms with van der Waals surface area (Å²) in [5.74, 6) is -0.163. The molecule has 0 aliphatic carbocycles. The standard InChI is InChI=1S/C57H68F2N6O6Si/c1-9-44-47(58)24-21-37-29-41(69-36-67-8)30-45(48(37)44)50-49(59)51-46(31-60-50)52(63-32-38-22-23-39(33-63)65(38)54(66)71-55(2,3)4)62-53(61-51)68-35-57-26-16-28-64(57)40(25-27-57)34-70-72(56(5,6)7,42-17-12-10-13-18-42)43-19-14-11-15-20-43/h10-15,17-21,24,29-31,38-40H,9,16,22-23,25-28,32-36H2,1-8H3/t38-,39+,40-,57-/m0/s1. The van der Waals surface area contributed by atoms with Crippen LogP contribution in [0, 0.1) is 11.6 Å². The molecular weight excluding hydrogens is 931 g/mol. The average Bonchev–Trinajstić information content (AvgIpc) is 4.02. The zero-order valence-corrected chi connectivity index (χ0v) is 44.0. The van der Waals surface area contributed by atoms with Gasteiger partial charge in [0.05, 0.1) is 29.6 Å². The highest BCUT2D eigenvalue weighted by molar-refractivity contribution is 6.99. The number of fused-ring (bicyclic) bond motifs is 5. The van der Waals surface area contributed by atoms with Gasteiger partial charge in [-0.2, -0.15) is 9.97 Å². The van der Waals surface area contributed by atoms with Crippen molar-refractivity contribution in [3.05, 3.63) is 108 Å². The molecule has 0 saturated carbocycles. The first-order valence-corrected chi connectivity index (χ1v) is 27.6. The number of aromatic nitrogens is 3. The quantitative estimate of drug-likeness (QED) is 0.0768. The number of ether oxygens (including phenoxy) is 4. The van der Waals surface area contributed by atoms with Crippen LogP contribution in [0.2, 0.25) is 5.04 Å². The Morgan fingerprint density at radius 3 is 2.19 bits per heavy atom. The Balaban J connectivity index is 1.01. The smallest absolute Gasteiger partial charge is 0.410 e. The molecule has 4 fully saturated rings. The van der Waals surface area contributed by atoms with Gasteiger partial charge in [-0.25, -0.2) is 13.6 Å². The van der Waals surface area contributed by atoms with E-state index in [1.807, 2.05) is 32.6 Å². The Morgan fingerprint density at radius 1 is 0.861 bits per heavy atom. The van der Waals surface area contributed by atoms with Gasteiger partial charge in [-0.3, -0.25) is 14.8 Å². The molecule has 4 aromatic carbocycles. The maximum Gasteiger partial charge on any atom is 0.410 e. The highest BCUT2D eigenvalue weighted by atomic mass is 28.4. The third-order valence-corrected chi connectivity index (χ3v) is 20.5. The molecular formula is C57H68F2N6O6Si. The van der Waals surface area contributed by atoms with Gasteiger partial charge < -0.3 is 28.3 Å². The number of piperazine rings is 1. The molecule has 4 aliphatic rings. The monoisotopic (exact) mass is 998 g/mol. The second-order valence-corrected chi connectivity index (χ2v) is 26.5. The molecule has 4 aliphatic heterocycles. The topological polar surface area (TPSA) is 112 Å². The Kier molecular flexibility index (Phi) is 13.6. The normalized spacial score (nSPS) is 21.4. The molecule has 10 rings (SSSR count). The lowest BCUT2D eigenvalue weighted by molar-refractivity contribution is 0.0122. The van der Waals surface area contributed by atoms with E-state index in [-0.39, 0.29) is 64.6 Å². The molecule has 15 heteroatoms. The van der Waals surface area contributed by atoms with E-state index < -0.39 is 19.7 Å². The fourth-order valence-electron chi connectivity index (χ4n) is 12.4. The molecule has 4 saturated heterocycles. The van der Waals surface area contributed by atoms with Crippen molar-refractivity contribution in [3.8, 4) is 23.0 Å². The van der Waals surface area contributed by atoms with Crippen molar-refractivity contribution in [3.63, 3.8) is 0 Å². The molecule has 6 aromatic rings. The summed E-state index contributed by atoms with van der Waals surface area (Å²) >= 11 is 0. The van der Waals surface area contributed by atoms with Crippen LogP contribution in [0.3, 0.4) is 0 Å². The van der Waals surface area contributed by atoms with Crippen molar-refractivity contribution >= 4 is 52.3 Å². The Bertz CT molecular complexity index is 2900. The summed E-state index contributed by atoms with van der Waals surface area (Å²) in [5, 5.41) is 3.99. The summed E-state index contributed by atoms with van der Waals surface area (Å²) in [7, 11) is -1.26. The molecule has 6 heterocycles. The van der Waals surface area contributed by atoms with Crippen LogP contribution in [0.5, 0.6) is 11.8 Å². The molecule has 2 bridgehead atoms. The SMILES string of the molecule is CCc1c(F)ccc2cc(OCOC)cc(-c3ncc4c(N5C[C@H]6CC[C@@H](C5)N6C(=O)OC(C)(C)C)nc(OC[C@@]56CCCN5[C@H](CO[Si](c5ccccc5)(c5ccccc5)C(C)(C)C)CC6)nc4c3F)c12. The van der Waals surface area contributed by atoms with Gasteiger partial charge in [-0.05, 0) is 122 Å². The van der Waals surface area contributed by atoms with Gasteiger partial charge in [-0.1, -0.05) is 94.4 Å². The highest BCUT2D eigenvalue weighted by Gasteiger charge is 2.54. The van der Waals surface area contributed by atoms with Crippen molar-refractivity contribution in [2.75, 3.05) is 51.7 Å². The largest absolute Gasteiger partial charge is 0.468 e. The molecule has 2 aromatic heterocycles. The predicted octanol–water partition coefficient (Wildman–Crippen LogP) is 10.2. The third kappa shape index (κ3) is 9.08. The highest BCUT2D eigenvalue weighted by Crippen LogP contribution is 2.46. The lowest BCUT2D eigenvalue weighted by Crippen LogP contribution is -2.67. The summed E-state index contributed by atoms with van der Waals surface area (Å²) in [5.41, 5.74) is -0.0746. The molecule has 0 radical (unpaired) electrons. The number of hydrogen-bond acceptors (Lipinski definition) is 11. The van der Waals surface area contributed by atoms with Crippen LogP contribution in [0.15, 0.2) is 91.1 Å². The number of pyridine rings is 1. The number of rotatable bonds is 14. The minimum atomic E-state index is -2.78. The maximum atomic E-state index is 17.9. The number of carbonyl (C=O) groups is 1. The van der Waals surface area contributed by atoms with E-state index in [0.29, 0.717) is 71.6 Å². The molecule has 72 heavy (non-hydrogen) atoms. The van der Waals surface area contributed by atoms with Crippen LogP contribution in [0.4, 0.5) is 19.4 Å². The molecule has 0 unspecified atom stereocenters. The molecule has 1 amide bonds. The van der Waals surface area contributed by atoms with Crippen LogP contribution >= 0.6 is 0 Å². The van der Waals surface area contributed by atoms with Crippen LogP contribution in [0.25, 0.3) is 32.9 Å². The van der Waals surface area contributed by atoms with Gasteiger partial charge in [0.2, 0.25) is 0 Å². The van der Waals surface area contributed by atoms with Crippen molar-refractivity contribution in [1.29, 1.82) is 0 Å². The van der Waals surface area contributed by atoms with Gasteiger partial charge in [0.25, 0.3) is 8.32 Å². The van der Waals surface area contributed by atoms with Gasteiger partial charge >= 0.3 is 12.1 Å². The summed E-state index contributed by atoms with van der Waals surface area (Å²) in [4.78, 5) is 34.9. The summed E-state index contributed by atoms with van der Waals surface area (Å²) in [6.45, 7) is 17.1. The van der Waals surface area contributed by atoms with Gasteiger partial charge in [-0.15, -0.1) is 0 Å². The lowest BCUT2D eigenvalue weighted by Gasteiger charge is -2.44. The van der Waals surface area contributed by atoms with Gasteiger partial charge in [0.15, 0.2) is 12.6 Å². The van der Waals surface area contributed by atoms with E-state index in [2.05, 4.69) is 91.2 Å². The molecule has 4 atom stereocenters. The molecule has 12 nitrogen and oxygen atoms in total. The number of amides is 1. The number of methoxy groups -OCH3 is 1. The lowest BCUT2D eigenvalue weighted by atomic mass is 9.94. The number of halogens is 2. The van der Waals surface area contributed by atoms with E-state index in [0.717, 1.165) is 45.1 Å². The van der Waals surface area contributed by atoms with E-state index in [1.54, 1.807) is 24.4 Å². The second kappa shape index (κ2) is 19.6. The Labute approximate surface area is 423 Å². The van der Waals surface area contributed by atoms with Crippen molar-refractivity contribution < 1.29 is 36.9 Å². The van der Waals surface area contributed by atoms with E-state index >= 15 is 8.78 Å². The number of hydrogen-bond donors (Lipinski definition) is 0. The maximum absolute atomic E-state index is 17.9. The number of nitrogens with zero attached hydrogens (tertiary/aromatic N) is 6. The number of aryl methyl sites for hydroxylation is 1. The van der Waals surface area contributed by atoms with Gasteiger partial charge in [0, 0.05) is 38.0 Å². The first-order chi connectivity index (χ1) is 34.5. The Hall–Kier alpha value is -5.74. The molecule has 380 valence electrons. The minimum Gasteiger partial charge on any atom is -0.468 e. The zero-order valence-electron chi connectivity index (χ0n) is 43.0. The zero-order chi connectivity index (χ0) is 50.6. The first-order valence-electron chi connectivity index (χ1n) is 25.7. The second-order valence-electron chi connectivity index (χ2n) is 22.2. The fraction of sp³-hybridized carbons (Fsp3) is 0.474. The van der Waals surface area contributed by atoms with E-state index in [9.17, 15) is 4.79 Å².